The first-order valence-corrected chi connectivity index (χ1v) is 9.84. The lowest BCUT2D eigenvalue weighted by Gasteiger charge is -2.28. The largest absolute Gasteiger partial charge is 0.325 e. The van der Waals surface area contributed by atoms with Gasteiger partial charge in [0.1, 0.15) is 11.9 Å². The van der Waals surface area contributed by atoms with Crippen molar-refractivity contribution in [2.45, 2.75) is 19.9 Å². The summed E-state index contributed by atoms with van der Waals surface area (Å²) in [5.74, 6) is -1.92. The zero-order chi connectivity index (χ0) is 23.4. The molecule has 0 aliphatic heterocycles. The molecule has 0 saturated carbocycles. The van der Waals surface area contributed by atoms with Gasteiger partial charge in [-0.2, -0.15) is 0 Å². The molecule has 3 aromatic rings. The normalized spacial score (nSPS) is 11.5. The van der Waals surface area contributed by atoms with Crippen LogP contribution < -0.4 is 5.32 Å². The second kappa shape index (κ2) is 9.38. The van der Waals surface area contributed by atoms with Crippen LogP contribution in [0, 0.1) is 29.8 Å². The quantitative estimate of drug-likeness (QED) is 0.445. The summed E-state index contributed by atoms with van der Waals surface area (Å²) in [6, 6.07) is 15.3. The van der Waals surface area contributed by atoms with Gasteiger partial charge in [0.2, 0.25) is 0 Å². The first kappa shape index (κ1) is 22.6. The Morgan fingerprint density at radius 1 is 0.969 bits per heavy atom. The Bertz CT molecular complexity index is 1160. The number of rotatable bonds is 6. The maximum Gasteiger partial charge on any atom is 0.269 e. The van der Waals surface area contributed by atoms with E-state index in [0.717, 1.165) is 16.0 Å². The number of nitro groups is 1. The third-order valence-electron chi connectivity index (χ3n) is 5.21. The fourth-order valence-electron chi connectivity index (χ4n) is 3.47. The minimum atomic E-state index is -1.15. The molecule has 0 fully saturated rings. The topological polar surface area (TPSA) is 92.5 Å². The minimum absolute atomic E-state index is 0.147. The number of likely N-dealkylation sites (N-methyl/N-ethyl adjacent to an activating group) is 1. The number of nitrogens with one attached hydrogen (secondary N) is 1. The molecule has 1 N–H and O–H groups in total. The summed E-state index contributed by atoms with van der Waals surface area (Å²) in [5, 5.41) is 13.9. The number of para-hydroxylation sites is 1. The maximum atomic E-state index is 14.2. The van der Waals surface area contributed by atoms with Crippen LogP contribution in [0.5, 0.6) is 0 Å². The van der Waals surface area contributed by atoms with Gasteiger partial charge in [-0.15, -0.1) is 0 Å². The van der Waals surface area contributed by atoms with Gasteiger partial charge in [0.25, 0.3) is 17.5 Å². The minimum Gasteiger partial charge on any atom is -0.325 e. The summed E-state index contributed by atoms with van der Waals surface area (Å²) in [6.45, 7) is 3.69. The molecule has 0 unspecified atom stereocenters. The fourth-order valence-corrected chi connectivity index (χ4v) is 3.47. The summed E-state index contributed by atoms with van der Waals surface area (Å²) in [4.78, 5) is 38.0. The summed E-state index contributed by atoms with van der Waals surface area (Å²) >= 11 is 0. The highest BCUT2D eigenvalue weighted by Gasteiger charge is 2.31. The second-order valence-electron chi connectivity index (χ2n) is 7.40. The number of non-ortho nitro benzene ring substituents is 1. The van der Waals surface area contributed by atoms with E-state index in [1.54, 1.807) is 0 Å². The lowest BCUT2D eigenvalue weighted by atomic mass is 10.0. The van der Waals surface area contributed by atoms with Gasteiger partial charge < -0.3 is 10.2 Å². The van der Waals surface area contributed by atoms with E-state index >= 15 is 0 Å². The highest BCUT2D eigenvalue weighted by atomic mass is 19.1. The predicted molar refractivity (Wildman–Crippen MR) is 119 cm³/mol. The van der Waals surface area contributed by atoms with Gasteiger partial charge >= 0.3 is 0 Å². The van der Waals surface area contributed by atoms with Crippen molar-refractivity contribution in [1.82, 2.24) is 4.90 Å². The van der Waals surface area contributed by atoms with Crippen LogP contribution in [0.25, 0.3) is 0 Å². The molecule has 0 aromatic heterocycles. The van der Waals surface area contributed by atoms with Crippen LogP contribution in [0.3, 0.4) is 0 Å². The number of hydrogen-bond acceptors (Lipinski definition) is 4. The number of halogens is 1. The van der Waals surface area contributed by atoms with E-state index in [-0.39, 0.29) is 11.3 Å². The number of carbonyl (C=O) groups is 2. The molecule has 0 saturated heterocycles. The van der Waals surface area contributed by atoms with Crippen molar-refractivity contribution in [3.05, 3.63) is 105 Å². The Balaban J connectivity index is 2.02. The van der Waals surface area contributed by atoms with Gasteiger partial charge in [-0.05, 0) is 54.8 Å². The molecule has 164 valence electrons. The molecule has 3 aromatic carbocycles. The number of hydrogen-bond donors (Lipinski definition) is 1. The summed E-state index contributed by atoms with van der Waals surface area (Å²) in [6.07, 6.45) is 0. The van der Waals surface area contributed by atoms with Gasteiger partial charge in [0.15, 0.2) is 0 Å². The van der Waals surface area contributed by atoms with Crippen LogP contribution in [-0.4, -0.2) is 28.7 Å². The SMILES string of the molecule is Cc1cccc(C)c1NC(=O)[C@@H](c1ccc([N+](=O)[O-])cc1)N(C)C(=O)c1ccccc1F. The van der Waals surface area contributed by atoms with Crippen LogP contribution in [0.4, 0.5) is 15.8 Å². The van der Waals surface area contributed by atoms with Crippen LogP contribution in [-0.2, 0) is 4.79 Å². The lowest BCUT2D eigenvalue weighted by Crippen LogP contribution is -2.39. The number of nitro benzene ring substituents is 1. The van der Waals surface area contributed by atoms with Crippen molar-refractivity contribution in [2.24, 2.45) is 0 Å². The van der Waals surface area contributed by atoms with Gasteiger partial charge in [-0.25, -0.2) is 4.39 Å². The average molecular weight is 435 g/mol. The van der Waals surface area contributed by atoms with E-state index in [1.165, 1.54) is 55.6 Å². The fraction of sp³-hybridized carbons (Fsp3) is 0.167. The van der Waals surface area contributed by atoms with E-state index < -0.39 is 28.6 Å². The molecule has 0 heterocycles. The Morgan fingerprint density at radius 2 is 1.56 bits per heavy atom. The van der Waals surface area contributed by atoms with Gasteiger partial charge in [-0.3, -0.25) is 19.7 Å². The summed E-state index contributed by atoms with van der Waals surface area (Å²) in [5.41, 5.74) is 2.31. The number of aryl methyl sites for hydroxylation is 2. The molecule has 2 amide bonds. The monoisotopic (exact) mass is 435 g/mol. The Kier molecular flexibility index (Phi) is 6.63. The molecule has 32 heavy (non-hydrogen) atoms. The number of amides is 2. The number of nitrogens with zero attached hydrogens (tertiary/aromatic N) is 2. The lowest BCUT2D eigenvalue weighted by molar-refractivity contribution is -0.384. The van der Waals surface area contributed by atoms with Crippen molar-refractivity contribution < 1.29 is 18.9 Å². The van der Waals surface area contributed by atoms with Gasteiger partial charge in [0.05, 0.1) is 10.5 Å². The van der Waals surface area contributed by atoms with Crippen molar-refractivity contribution in [3.8, 4) is 0 Å². The smallest absolute Gasteiger partial charge is 0.269 e. The Morgan fingerprint density at radius 3 is 2.12 bits per heavy atom. The highest BCUT2D eigenvalue weighted by molar-refractivity contribution is 6.02. The average Bonchev–Trinajstić information content (AvgIpc) is 2.76. The van der Waals surface area contributed by atoms with Crippen molar-refractivity contribution in [3.63, 3.8) is 0 Å². The molecule has 7 nitrogen and oxygen atoms in total. The molecule has 0 radical (unpaired) electrons. The molecular weight excluding hydrogens is 413 g/mol. The molecule has 0 spiro atoms. The molecule has 3 rings (SSSR count). The molecular formula is C24H22FN3O4. The van der Waals surface area contributed by atoms with Gasteiger partial charge in [0, 0.05) is 24.9 Å². The number of anilines is 1. The van der Waals surface area contributed by atoms with E-state index in [1.807, 2.05) is 32.0 Å². The van der Waals surface area contributed by atoms with Crippen molar-refractivity contribution in [1.29, 1.82) is 0 Å². The van der Waals surface area contributed by atoms with E-state index in [4.69, 9.17) is 0 Å². The van der Waals surface area contributed by atoms with Crippen LogP contribution in [0.2, 0.25) is 0 Å². The molecule has 0 bridgehead atoms. The van der Waals surface area contributed by atoms with Crippen LogP contribution in [0.15, 0.2) is 66.7 Å². The Labute approximate surface area is 184 Å². The highest BCUT2D eigenvalue weighted by Crippen LogP contribution is 2.28. The van der Waals surface area contributed by atoms with E-state index in [2.05, 4.69) is 5.32 Å². The maximum absolute atomic E-state index is 14.2. The standard InChI is InChI=1S/C24H22FN3O4/c1-15-7-6-8-16(2)21(15)26-23(29)22(17-11-13-18(14-12-17)28(31)32)27(3)24(30)19-9-4-5-10-20(19)25/h4-14,22H,1-3H3,(H,26,29)/t22-/m1/s1. The van der Waals surface area contributed by atoms with E-state index in [9.17, 15) is 24.1 Å². The van der Waals surface area contributed by atoms with E-state index in [0.29, 0.717) is 11.3 Å². The van der Waals surface area contributed by atoms with Crippen molar-refractivity contribution in [2.75, 3.05) is 12.4 Å². The summed E-state index contributed by atoms with van der Waals surface area (Å²) in [7, 11) is 1.39. The van der Waals surface area contributed by atoms with Gasteiger partial charge in [-0.1, -0.05) is 30.3 Å². The third kappa shape index (κ3) is 4.64. The Hall–Kier alpha value is -4.07. The second-order valence-corrected chi connectivity index (χ2v) is 7.40. The predicted octanol–water partition coefficient (Wildman–Crippen LogP) is 4.80. The van der Waals surface area contributed by atoms with Crippen LogP contribution in [0.1, 0.15) is 33.1 Å². The molecule has 0 aliphatic rings. The molecule has 1 atom stereocenters. The van der Waals surface area contributed by atoms with Crippen LogP contribution >= 0.6 is 0 Å². The zero-order valence-corrected chi connectivity index (χ0v) is 17.8. The third-order valence-corrected chi connectivity index (χ3v) is 5.21. The molecule has 0 aliphatic carbocycles. The van der Waals surface area contributed by atoms with Crippen molar-refractivity contribution >= 4 is 23.2 Å². The zero-order valence-electron chi connectivity index (χ0n) is 17.8. The summed E-state index contributed by atoms with van der Waals surface area (Å²) < 4.78 is 14.2. The molecule has 8 heteroatoms. The first-order chi connectivity index (χ1) is 15.2. The number of carbonyl (C=O) groups excluding carboxylic acids is 2. The first-order valence-electron chi connectivity index (χ1n) is 9.84. The number of benzene rings is 3.